The van der Waals surface area contributed by atoms with Gasteiger partial charge in [0.2, 0.25) is 0 Å². The van der Waals surface area contributed by atoms with E-state index in [9.17, 15) is 22.8 Å². The number of alkyl halides is 3. The Labute approximate surface area is 184 Å². The van der Waals surface area contributed by atoms with Crippen LogP contribution in [0.25, 0.3) is 22.4 Å². The third-order valence-corrected chi connectivity index (χ3v) is 6.00. The molecule has 0 atom stereocenters. The number of benzene rings is 2. The summed E-state index contributed by atoms with van der Waals surface area (Å²) in [6.45, 7) is 0. The number of hydrogen-bond donors (Lipinski definition) is 0. The van der Waals surface area contributed by atoms with Gasteiger partial charge in [-0.2, -0.15) is 13.2 Å². The lowest BCUT2D eigenvalue weighted by Crippen LogP contribution is -2.37. The van der Waals surface area contributed by atoms with Crippen LogP contribution in [0.2, 0.25) is 0 Å². The molecule has 0 fully saturated rings. The molecule has 2 aromatic carbocycles. The van der Waals surface area contributed by atoms with E-state index in [1.54, 1.807) is 0 Å². The molecule has 2 aromatic heterocycles. The van der Waals surface area contributed by atoms with E-state index < -0.39 is 23.0 Å². The van der Waals surface area contributed by atoms with Crippen molar-refractivity contribution in [3.63, 3.8) is 0 Å². The first-order valence-electron chi connectivity index (χ1n) is 9.49. The topological polar surface area (TPSA) is 69.8 Å². The molecule has 0 aliphatic heterocycles. The molecule has 4 aromatic rings. The summed E-state index contributed by atoms with van der Waals surface area (Å²) in [5, 5.41) is 0.538. The van der Waals surface area contributed by atoms with Crippen molar-refractivity contribution in [2.24, 2.45) is 14.1 Å². The average Bonchev–Trinajstić information content (AvgIpc) is 2.79. The predicted octanol–water partition coefficient (Wildman–Crippen LogP) is 4.01. The van der Waals surface area contributed by atoms with Crippen LogP contribution in [-0.2, 0) is 26.0 Å². The fourth-order valence-corrected chi connectivity index (χ4v) is 4.16. The lowest BCUT2D eigenvalue weighted by atomic mass is 10.1. The second-order valence-electron chi connectivity index (χ2n) is 7.11. The maximum Gasteiger partial charge on any atom is 0.416 e. The highest BCUT2D eigenvalue weighted by atomic mass is 32.2. The van der Waals surface area contributed by atoms with Crippen LogP contribution in [0.4, 0.5) is 13.2 Å². The third kappa shape index (κ3) is 4.05. The number of halogens is 3. The van der Waals surface area contributed by atoms with Gasteiger partial charge in [0.1, 0.15) is 10.4 Å². The second-order valence-corrected chi connectivity index (χ2v) is 8.07. The Balaban J connectivity index is 1.82. The van der Waals surface area contributed by atoms with Gasteiger partial charge in [0.05, 0.1) is 5.56 Å². The monoisotopic (exact) mass is 458 g/mol. The molecule has 0 radical (unpaired) electrons. The van der Waals surface area contributed by atoms with Crippen LogP contribution in [0.3, 0.4) is 0 Å². The van der Waals surface area contributed by atoms with Gasteiger partial charge in [-0.25, -0.2) is 14.8 Å². The molecule has 0 amide bonds. The summed E-state index contributed by atoms with van der Waals surface area (Å²) in [6.07, 6.45) is -4.41. The van der Waals surface area contributed by atoms with Crippen molar-refractivity contribution >= 4 is 22.8 Å². The molecular weight excluding hydrogens is 441 g/mol. The smallest absolute Gasteiger partial charge is 0.280 e. The van der Waals surface area contributed by atoms with Crippen molar-refractivity contribution < 1.29 is 13.2 Å². The Morgan fingerprint density at radius 3 is 2.19 bits per heavy atom. The predicted molar refractivity (Wildman–Crippen MR) is 116 cm³/mol. The van der Waals surface area contributed by atoms with Gasteiger partial charge in [-0.1, -0.05) is 42.5 Å². The molecule has 0 saturated heterocycles. The molecule has 0 spiro atoms. The Morgan fingerprint density at radius 2 is 1.56 bits per heavy atom. The van der Waals surface area contributed by atoms with E-state index in [-0.39, 0.29) is 16.8 Å². The fraction of sp³-hybridized carbons (Fsp3) is 0.182. The largest absolute Gasteiger partial charge is 0.416 e. The highest BCUT2D eigenvalue weighted by molar-refractivity contribution is 7.98. The Bertz CT molecular complexity index is 1410. The van der Waals surface area contributed by atoms with Crippen LogP contribution in [0.5, 0.6) is 0 Å². The van der Waals surface area contributed by atoms with Crippen LogP contribution >= 0.6 is 11.8 Å². The summed E-state index contributed by atoms with van der Waals surface area (Å²) >= 11 is 1.20. The van der Waals surface area contributed by atoms with E-state index in [0.717, 1.165) is 16.7 Å². The molecule has 0 aliphatic carbocycles. The molecule has 32 heavy (non-hydrogen) atoms. The maximum atomic E-state index is 12.9. The molecule has 0 N–H and O–H groups in total. The van der Waals surface area contributed by atoms with Gasteiger partial charge in [0.25, 0.3) is 5.56 Å². The second kappa shape index (κ2) is 8.27. The van der Waals surface area contributed by atoms with E-state index in [0.29, 0.717) is 22.0 Å². The maximum absolute atomic E-state index is 12.9. The van der Waals surface area contributed by atoms with Crippen molar-refractivity contribution in [1.29, 1.82) is 0 Å². The quantitative estimate of drug-likeness (QED) is 0.342. The van der Waals surface area contributed by atoms with Gasteiger partial charge in [-0.05, 0) is 17.7 Å². The van der Waals surface area contributed by atoms with E-state index >= 15 is 0 Å². The first kappa shape index (κ1) is 21.8. The van der Waals surface area contributed by atoms with Crippen molar-refractivity contribution in [2.75, 3.05) is 0 Å². The molecular formula is C22H17F3N4O2S. The lowest BCUT2D eigenvalue weighted by molar-refractivity contribution is -0.137. The zero-order valence-corrected chi connectivity index (χ0v) is 17.9. The molecule has 0 saturated carbocycles. The molecule has 164 valence electrons. The first-order chi connectivity index (χ1) is 15.2. The Kier molecular flexibility index (Phi) is 5.64. The molecule has 10 heteroatoms. The number of aromatic nitrogens is 4. The van der Waals surface area contributed by atoms with Crippen LogP contribution < -0.4 is 11.2 Å². The molecule has 0 unspecified atom stereocenters. The minimum absolute atomic E-state index is 0.186. The van der Waals surface area contributed by atoms with E-state index in [1.807, 2.05) is 30.3 Å². The van der Waals surface area contributed by atoms with E-state index in [4.69, 9.17) is 0 Å². The summed E-state index contributed by atoms with van der Waals surface area (Å²) < 4.78 is 40.7. The molecule has 6 nitrogen and oxygen atoms in total. The number of fused-ring (bicyclic) bond motifs is 1. The van der Waals surface area contributed by atoms with Gasteiger partial charge in [0, 0.05) is 25.4 Å². The summed E-state index contributed by atoms with van der Waals surface area (Å²) in [4.78, 5) is 34.3. The zero-order chi connectivity index (χ0) is 23.0. The zero-order valence-electron chi connectivity index (χ0n) is 17.1. The van der Waals surface area contributed by atoms with Crippen LogP contribution in [0.1, 0.15) is 11.1 Å². The summed E-state index contributed by atoms with van der Waals surface area (Å²) in [6, 6.07) is 13.9. The number of rotatable bonds is 4. The number of aryl methyl sites for hydroxylation is 1. The highest BCUT2D eigenvalue weighted by Gasteiger charge is 2.30. The van der Waals surface area contributed by atoms with Gasteiger partial charge in [0.15, 0.2) is 11.5 Å². The Hall–Kier alpha value is -3.40. The molecule has 4 rings (SSSR count). The highest BCUT2D eigenvalue weighted by Crippen LogP contribution is 2.31. The van der Waals surface area contributed by atoms with Crippen LogP contribution in [0, 0.1) is 0 Å². The molecule has 2 heterocycles. The average molecular weight is 458 g/mol. The van der Waals surface area contributed by atoms with Gasteiger partial charge >= 0.3 is 11.9 Å². The normalized spacial score (nSPS) is 11.8. The lowest BCUT2D eigenvalue weighted by Gasteiger charge is -2.12. The number of nitrogens with zero attached hydrogens (tertiary/aromatic N) is 4. The Morgan fingerprint density at radius 1 is 0.906 bits per heavy atom. The summed E-state index contributed by atoms with van der Waals surface area (Å²) in [5.74, 6) is 0.626. The standard InChI is InChI=1S/C22H17F3N4O2S/c1-28-18-16(20(30)29(2)21(28)31)19(27-17(26-18)14-6-4-3-5-7-14)32-12-13-8-10-15(11-9-13)22(23,24)25/h3-11H,12H2,1-2H3. The fourth-order valence-electron chi connectivity index (χ4n) is 3.19. The summed E-state index contributed by atoms with van der Waals surface area (Å²) in [5.41, 5.74) is -0.232. The van der Waals surface area contributed by atoms with Gasteiger partial charge < -0.3 is 0 Å². The van der Waals surface area contributed by atoms with Gasteiger partial charge in [-0.15, -0.1) is 11.8 Å². The first-order valence-corrected chi connectivity index (χ1v) is 10.5. The number of thioether (sulfide) groups is 1. The van der Waals surface area contributed by atoms with Crippen molar-refractivity contribution in [3.05, 3.63) is 86.6 Å². The molecule has 0 bridgehead atoms. The minimum Gasteiger partial charge on any atom is -0.280 e. The third-order valence-electron chi connectivity index (χ3n) is 4.96. The number of hydrogen-bond acceptors (Lipinski definition) is 5. The SMILES string of the molecule is Cn1c(=O)c2c(SCc3ccc(C(F)(F)F)cc3)nc(-c3ccccc3)nc2n(C)c1=O. The van der Waals surface area contributed by atoms with E-state index in [2.05, 4.69) is 9.97 Å². The van der Waals surface area contributed by atoms with E-state index in [1.165, 1.54) is 42.6 Å². The van der Waals surface area contributed by atoms with Crippen LogP contribution in [0.15, 0.2) is 69.2 Å². The van der Waals surface area contributed by atoms with Crippen molar-refractivity contribution in [1.82, 2.24) is 19.1 Å². The summed E-state index contributed by atoms with van der Waals surface area (Å²) in [7, 11) is 2.90. The van der Waals surface area contributed by atoms with Crippen molar-refractivity contribution in [2.45, 2.75) is 17.0 Å². The molecule has 0 aliphatic rings. The van der Waals surface area contributed by atoms with Gasteiger partial charge in [-0.3, -0.25) is 13.9 Å². The minimum atomic E-state index is -4.41. The van der Waals surface area contributed by atoms with Crippen LogP contribution in [-0.4, -0.2) is 19.1 Å². The van der Waals surface area contributed by atoms with Crippen molar-refractivity contribution in [3.8, 4) is 11.4 Å².